The van der Waals surface area contributed by atoms with Crippen LogP contribution in [0.3, 0.4) is 0 Å². The number of aromatic nitrogens is 3. The largest absolute Gasteiger partial charge is 0.326 e. The van der Waals surface area contributed by atoms with E-state index >= 15 is 0 Å². The Labute approximate surface area is 144 Å². The molecule has 2 aromatic carbocycles. The molecule has 0 saturated carbocycles. The number of hydrogen-bond acceptors (Lipinski definition) is 4. The average Bonchev–Trinajstić information content (AvgIpc) is 3.17. The number of H-pyrrole nitrogens is 1. The van der Waals surface area contributed by atoms with Crippen LogP contribution in [0.25, 0.3) is 0 Å². The van der Waals surface area contributed by atoms with Gasteiger partial charge in [-0.2, -0.15) is 5.10 Å². The predicted molar refractivity (Wildman–Crippen MR) is 94.2 cm³/mol. The Morgan fingerprint density at radius 3 is 2.24 bits per heavy atom. The van der Waals surface area contributed by atoms with Gasteiger partial charge in [0.15, 0.2) is 0 Å². The van der Waals surface area contributed by atoms with Crippen molar-refractivity contribution in [1.82, 2.24) is 15.2 Å². The van der Waals surface area contributed by atoms with Gasteiger partial charge in [-0.05, 0) is 36.2 Å². The van der Waals surface area contributed by atoms with E-state index in [1.807, 2.05) is 30.3 Å². The van der Waals surface area contributed by atoms with Gasteiger partial charge in [0, 0.05) is 17.8 Å². The second-order valence-corrected chi connectivity index (χ2v) is 5.40. The molecule has 3 aromatic rings. The summed E-state index contributed by atoms with van der Waals surface area (Å²) in [5.41, 5.74) is 2.41. The fraction of sp³-hybridized carbons (Fsp3) is 0.111. The normalized spacial score (nSPS) is 10.2. The summed E-state index contributed by atoms with van der Waals surface area (Å²) in [4.78, 5) is 27.6. The lowest BCUT2D eigenvalue weighted by Crippen LogP contribution is -2.14. The summed E-state index contributed by atoms with van der Waals surface area (Å²) < 4.78 is 0. The first-order valence-corrected chi connectivity index (χ1v) is 7.81. The van der Waals surface area contributed by atoms with Crippen molar-refractivity contribution in [2.24, 2.45) is 0 Å². The molecule has 7 nitrogen and oxygen atoms in total. The molecular weight excluding hydrogens is 318 g/mol. The van der Waals surface area contributed by atoms with Crippen LogP contribution in [-0.4, -0.2) is 27.0 Å². The minimum atomic E-state index is -0.378. The van der Waals surface area contributed by atoms with E-state index in [1.165, 1.54) is 6.33 Å². The molecule has 0 aliphatic rings. The monoisotopic (exact) mass is 335 g/mol. The van der Waals surface area contributed by atoms with Crippen LogP contribution in [0, 0.1) is 0 Å². The number of amides is 2. The van der Waals surface area contributed by atoms with Crippen LogP contribution in [0.1, 0.15) is 22.6 Å². The summed E-state index contributed by atoms with van der Waals surface area (Å²) >= 11 is 0. The number of rotatable bonds is 6. The predicted octanol–water partition coefficient (Wildman–Crippen LogP) is 2.63. The van der Waals surface area contributed by atoms with Gasteiger partial charge < -0.3 is 10.6 Å². The third-order valence-electron chi connectivity index (χ3n) is 3.54. The fourth-order valence-electron chi connectivity index (χ4n) is 2.27. The second-order valence-electron chi connectivity index (χ2n) is 5.40. The van der Waals surface area contributed by atoms with Crippen molar-refractivity contribution in [1.29, 1.82) is 0 Å². The fourth-order valence-corrected chi connectivity index (χ4v) is 2.27. The highest BCUT2D eigenvalue weighted by Crippen LogP contribution is 2.14. The van der Waals surface area contributed by atoms with Gasteiger partial charge >= 0.3 is 0 Å². The summed E-state index contributed by atoms with van der Waals surface area (Å²) in [5, 5.41) is 11.6. The van der Waals surface area contributed by atoms with Gasteiger partial charge in [0.25, 0.3) is 5.91 Å². The maximum Gasteiger partial charge on any atom is 0.292 e. The lowest BCUT2D eigenvalue weighted by Gasteiger charge is -2.07. The van der Waals surface area contributed by atoms with Crippen molar-refractivity contribution >= 4 is 23.2 Å². The number of nitrogens with zero attached hydrogens (tertiary/aromatic N) is 2. The quantitative estimate of drug-likeness (QED) is 0.645. The lowest BCUT2D eigenvalue weighted by molar-refractivity contribution is -0.116. The Balaban J connectivity index is 1.50. The third kappa shape index (κ3) is 4.74. The number of nitrogens with one attached hydrogen (secondary N) is 3. The summed E-state index contributed by atoms with van der Waals surface area (Å²) in [6.45, 7) is 0. The van der Waals surface area contributed by atoms with E-state index in [1.54, 1.807) is 24.3 Å². The molecule has 1 aromatic heterocycles. The summed E-state index contributed by atoms with van der Waals surface area (Å²) in [6, 6.07) is 16.7. The van der Waals surface area contributed by atoms with Crippen LogP contribution >= 0.6 is 0 Å². The Morgan fingerprint density at radius 1 is 0.920 bits per heavy atom. The molecule has 0 spiro atoms. The Kier molecular flexibility index (Phi) is 5.16. The van der Waals surface area contributed by atoms with E-state index in [4.69, 9.17) is 0 Å². The van der Waals surface area contributed by atoms with Crippen molar-refractivity contribution in [3.05, 3.63) is 72.3 Å². The zero-order valence-electron chi connectivity index (χ0n) is 13.4. The molecule has 7 heteroatoms. The molecule has 0 aliphatic heterocycles. The van der Waals surface area contributed by atoms with Gasteiger partial charge in [-0.3, -0.25) is 14.7 Å². The molecule has 0 unspecified atom stereocenters. The van der Waals surface area contributed by atoms with E-state index in [9.17, 15) is 9.59 Å². The van der Waals surface area contributed by atoms with Crippen molar-refractivity contribution in [3.8, 4) is 0 Å². The number of aryl methyl sites for hydroxylation is 1. The van der Waals surface area contributed by atoms with Crippen LogP contribution in [0.4, 0.5) is 11.4 Å². The van der Waals surface area contributed by atoms with Crippen LogP contribution in [0.2, 0.25) is 0 Å². The summed E-state index contributed by atoms with van der Waals surface area (Å²) in [5.74, 6) is -0.294. The highest BCUT2D eigenvalue weighted by molar-refractivity contribution is 6.01. The minimum Gasteiger partial charge on any atom is -0.326 e. The Hall–Kier alpha value is -3.48. The number of hydrogen-bond donors (Lipinski definition) is 3. The van der Waals surface area contributed by atoms with Crippen molar-refractivity contribution in [2.75, 3.05) is 10.6 Å². The molecule has 0 bridgehead atoms. The van der Waals surface area contributed by atoms with Crippen LogP contribution in [-0.2, 0) is 11.2 Å². The van der Waals surface area contributed by atoms with E-state index in [-0.39, 0.29) is 17.6 Å². The molecule has 3 rings (SSSR count). The van der Waals surface area contributed by atoms with E-state index in [0.29, 0.717) is 24.2 Å². The standard InChI is InChI=1S/C18H17N5O2/c24-16(11-6-13-4-2-1-3-5-13)21-14-7-9-15(10-8-14)22-18(25)17-19-12-20-23-17/h1-5,7-10,12H,6,11H2,(H,21,24)(H,22,25)(H,19,20,23). The van der Waals surface area contributed by atoms with Crippen molar-refractivity contribution in [3.63, 3.8) is 0 Å². The molecule has 0 atom stereocenters. The van der Waals surface area contributed by atoms with Crippen LogP contribution in [0.5, 0.6) is 0 Å². The average molecular weight is 335 g/mol. The smallest absolute Gasteiger partial charge is 0.292 e. The minimum absolute atomic E-state index is 0.0534. The molecule has 0 saturated heterocycles. The van der Waals surface area contributed by atoms with E-state index in [2.05, 4.69) is 25.8 Å². The van der Waals surface area contributed by atoms with Gasteiger partial charge in [-0.25, -0.2) is 4.98 Å². The molecule has 0 radical (unpaired) electrons. The van der Waals surface area contributed by atoms with Crippen LogP contribution < -0.4 is 10.6 Å². The lowest BCUT2D eigenvalue weighted by atomic mass is 10.1. The molecule has 3 N–H and O–H groups in total. The van der Waals surface area contributed by atoms with Crippen molar-refractivity contribution in [2.45, 2.75) is 12.8 Å². The first-order valence-electron chi connectivity index (χ1n) is 7.81. The summed E-state index contributed by atoms with van der Waals surface area (Å²) in [7, 11) is 0. The first kappa shape index (κ1) is 16.4. The number of carbonyl (C=O) groups excluding carboxylic acids is 2. The van der Waals surface area contributed by atoms with E-state index < -0.39 is 0 Å². The highest BCUT2D eigenvalue weighted by Gasteiger charge is 2.09. The molecule has 25 heavy (non-hydrogen) atoms. The molecule has 1 heterocycles. The third-order valence-corrected chi connectivity index (χ3v) is 3.54. The van der Waals surface area contributed by atoms with Gasteiger partial charge in [0.2, 0.25) is 11.7 Å². The number of benzene rings is 2. The first-order chi connectivity index (χ1) is 12.2. The van der Waals surface area contributed by atoms with Crippen LogP contribution in [0.15, 0.2) is 60.9 Å². The Bertz CT molecular complexity index is 830. The summed E-state index contributed by atoms with van der Waals surface area (Å²) in [6.07, 6.45) is 2.37. The number of anilines is 2. The molecule has 0 aliphatic carbocycles. The van der Waals surface area contributed by atoms with E-state index in [0.717, 1.165) is 5.56 Å². The van der Waals surface area contributed by atoms with Gasteiger partial charge in [-0.15, -0.1) is 0 Å². The maximum absolute atomic E-state index is 12.0. The zero-order chi connectivity index (χ0) is 17.5. The van der Waals surface area contributed by atoms with Crippen molar-refractivity contribution < 1.29 is 9.59 Å². The maximum atomic E-state index is 12.0. The van der Waals surface area contributed by atoms with Gasteiger partial charge in [0.1, 0.15) is 6.33 Å². The molecule has 2 amide bonds. The Morgan fingerprint density at radius 2 is 1.60 bits per heavy atom. The zero-order valence-corrected chi connectivity index (χ0v) is 13.4. The molecular formula is C18H17N5O2. The number of carbonyl (C=O) groups is 2. The number of aromatic amines is 1. The topological polar surface area (TPSA) is 99.8 Å². The SMILES string of the molecule is O=C(CCc1ccccc1)Nc1ccc(NC(=O)c2ncn[nH]2)cc1. The van der Waals surface area contributed by atoms with Gasteiger partial charge in [-0.1, -0.05) is 30.3 Å². The molecule has 126 valence electrons. The van der Waals surface area contributed by atoms with Gasteiger partial charge in [0.05, 0.1) is 0 Å². The molecule has 0 fully saturated rings. The second kappa shape index (κ2) is 7.87. The highest BCUT2D eigenvalue weighted by atomic mass is 16.2.